The van der Waals surface area contributed by atoms with E-state index in [1.807, 2.05) is 62.4 Å². The fraction of sp³-hybridized carbons (Fsp3) is 0.265. The Bertz CT molecular complexity index is 5260. The third-order valence-corrected chi connectivity index (χ3v) is 21.4. The zero-order valence-corrected chi connectivity index (χ0v) is 69.9. The summed E-state index contributed by atoms with van der Waals surface area (Å²) in [6.07, 6.45) is 12.1. The van der Waals surface area contributed by atoms with Gasteiger partial charge in [-0.05, 0) is 157 Å². The van der Waals surface area contributed by atoms with Crippen LogP contribution in [0.3, 0.4) is 0 Å². The molecule has 28 heteroatoms. The fourth-order valence-corrected chi connectivity index (χ4v) is 14.8. The minimum absolute atomic E-state index is 0.00202. The summed E-state index contributed by atoms with van der Waals surface area (Å²) in [5, 5.41) is 0.928. The van der Waals surface area contributed by atoms with E-state index in [4.69, 9.17) is 66.3 Å². The average Bonchev–Trinajstić information content (AvgIpc) is 0.669. The second-order valence-corrected chi connectivity index (χ2v) is 29.4. The molecule has 0 saturated carbocycles. The Morgan fingerprint density at radius 2 is 0.556 bits per heavy atom. The molecule has 4 amide bonds. The first-order valence-electron chi connectivity index (χ1n) is 41.1. The lowest BCUT2D eigenvalue weighted by Crippen LogP contribution is -2.54. The molecule has 2 aliphatic heterocycles. The van der Waals surface area contributed by atoms with Crippen molar-refractivity contribution < 1.29 is 114 Å². The van der Waals surface area contributed by atoms with Crippen molar-refractivity contribution in [1.29, 1.82) is 0 Å². The van der Waals surface area contributed by atoms with Gasteiger partial charge in [0.2, 0.25) is 0 Å². The lowest BCUT2D eigenvalue weighted by Gasteiger charge is -2.37. The number of carbonyl (C=O) groups excluding carboxylic acids is 10. The number of amides is 4. The number of ether oxygens (including phenoxy) is 14. The first kappa shape index (κ1) is 89.4. The Morgan fingerprint density at radius 3 is 0.778 bits per heavy atom. The van der Waals surface area contributed by atoms with Crippen LogP contribution in [0.4, 0.5) is 0 Å². The second kappa shape index (κ2) is 42.2. The van der Waals surface area contributed by atoms with Gasteiger partial charge in [-0.2, -0.15) is 0 Å². The van der Waals surface area contributed by atoms with E-state index in [9.17, 15) is 19.2 Å². The van der Waals surface area contributed by atoms with E-state index in [1.54, 1.807) is 62.4 Å². The topological polar surface area (TPSA) is 332 Å². The van der Waals surface area contributed by atoms with Gasteiger partial charge in [0.1, 0.15) is 96.0 Å². The van der Waals surface area contributed by atoms with Crippen LogP contribution in [-0.4, -0.2) is 171 Å². The van der Waals surface area contributed by atoms with Gasteiger partial charge < -0.3 is 66.3 Å². The van der Waals surface area contributed by atoms with Crippen LogP contribution in [0.25, 0.3) is 43.1 Å². The summed E-state index contributed by atoms with van der Waals surface area (Å²) < 4.78 is 85.2. The van der Waals surface area contributed by atoms with E-state index >= 15 is 28.8 Å². The van der Waals surface area contributed by atoms with Crippen molar-refractivity contribution in [2.24, 2.45) is 11.8 Å². The first-order chi connectivity index (χ1) is 61.2. The normalized spacial score (nSPS) is 13.2. The Balaban J connectivity index is 1.09. The van der Waals surface area contributed by atoms with Gasteiger partial charge in [0.25, 0.3) is 23.6 Å². The Morgan fingerprint density at radius 1 is 0.317 bits per heavy atom. The van der Waals surface area contributed by atoms with Gasteiger partial charge in [-0.3, -0.25) is 38.9 Å². The predicted molar refractivity (Wildman–Crippen MR) is 464 cm³/mol. The molecule has 648 valence electrons. The molecule has 13 rings (SSSR count). The van der Waals surface area contributed by atoms with Crippen molar-refractivity contribution >= 4 is 103 Å². The van der Waals surface area contributed by atoms with E-state index < -0.39 is 83.4 Å². The summed E-state index contributed by atoms with van der Waals surface area (Å²) in [4.78, 5) is 154. The molecule has 28 nitrogen and oxygen atoms in total. The monoisotopic (exact) mass is 1710 g/mol. The smallest absolute Gasteiger partial charge is 0.335 e. The minimum atomic E-state index is -1.57. The molecule has 0 bridgehead atoms. The van der Waals surface area contributed by atoms with Crippen molar-refractivity contribution in [3.63, 3.8) is 0 Å². The highest BCUT2D eigenvalue weighted by Gasteiger charge is 2.49. The van der Waals surface area contributed by atoms with Crippen molar-refractivity contribution in [1.82, 2.24) is 19.8 Å². The van der Waals surface area contributed by atoms with Crippen molar-refractivity contribution in [2.45, 2.75) is 78.3 Å². The molecule has 4 unspecified atom stereocenters. The molecule has 126 heavy (non-hydrogen) atoms. The first-order valence-corrected chi connectivity index (χ1v) is 41.1. The molecule has 0 fully saturated rings. The zero-order valence-electron chi connectivity index (χ0n) is 69.9. The number of benzene rings is 9. The third kappa shape index (κ3) is 20.8. The second-order valence-electron chi connectivity index (χ2n) is 29.4. The van der Waals surface area contributed by atoms with E-state index in [-0.39, 0.29) is 215 Å². The maximum Gasteiger partial charge on any atom is 0.335 e. The molecule has 2 aromatic heterocycles. The summed E-state index contributed by atoms with van der Waals surface area (Å²) >= 11 is 0. The maximum atomic E-state index is 16.6. The predicted octanol–water partition coefficient (Wildman–Crippen LogP) is 16.1. The van der Waals surface area contributed by atoms with Crippen LogP contribution < -0.4 is 28.4 Å². The van der Waals surface area contributed by atoms with Gasteiger partial charge in [-0.25, -0.2) is 28.8 Å². The van der Waals surface area contributed by atoms with Gasteiger partial charge in [-0.15, -0.1) is 0 Å². The number of fused-ring (bicyclic) bond motifs is 2. The van der Waals surface area contributed by atoms with Gasteiger partial charge >= 0.3 is 35.8 Å². The number of nitrogens with zero attached hydrogens (tertiary/aromatic N) is 4. The van der Waals surface area contributed by atoms with Crippen molar-refractivity contribution in [2.75, 3.05) is 79.3 Å². The Labute approximate surface area is 725 Å². The van der Waals surface area contributed by atoms with Crippen LogP contribution in [-0.2, 0) is 92.3 Å². The number of esters is 6. The molecule has 4 heterocycles. The van der Waals surface area contributed by atoms with Crippen LogP contribution in [0.2, 0.25) is 0 Å². The molecule has 9 aromatic carbocycles. The van der Waals surface area contributed by atoms with Crippen LogP contribution in [0, 0.1) is 11.8 Å². The van der Waals surface area contributed by atoms with E-state index in [0.717, 1.165) is 56.4 Å². The standard InChI is InChI=1S/C98H92N4O24/c1-9-59(7)91(97(111)125-69-31-39-99-40-32-69)101-93(107)71-55-75(121-65-23-15-61(16-24-65)35-43-113-47-51-117-79(103)11-3)85-87-77(123-67-27-19-63(20-28-67)37-45-115-49-53-119-81(105)13-5)57-73-84-74(96(110)102(95(73)109)92(60(8)10-2)98(112)126-70-33-41-100-42-34-70)58-78(124-68-29-21-64(22-30-68)38-46-116-50-54-120-82(106)14-6)88(90(84)87)86-76(56-72(94(101)108)83(71)89(85)86)122-66-25-17-62(18-26-66)36-44-114-48-52-118-80(104)12-4/h11-34,39-42,55-60,91-92H,3-6,9-10,35-38,43-54H2,1-2,7-8H3. The van der Waals surface area contributed by atoms with Gasteiger partial charge in [0, 0.05) is 92.2 Å². The highest BCUT2D eigenvalue weighted by molar-refractivity contribution is 6.45. The van der Waals surface area contributed by atoms with Gasteiger partial charge in [-0.1, -0.05) is 115 Å². The van der Waals surface area contributed by atoms with E-state index in [0.29, 0.717) is 25.7 Å². The number of rotatable bonds is 46. The largest absolute Gasteiger partial charge is 0.460 e. The Hall–Kier alpha value is -14.3. The SMILES string of the molecule is C=CC(=O)OCCOCCc1ccc(Oc2cc3c4c(cc(Oc5ccc(CCOCCOC(=O)C=C)cc5)c5c6c(Oc7ccc(CCOCCOC(=O)C=C)cc7)cc7c8c(cc(Oc9ccc(CCOCCOC(=O)C=C)cc9)c(c2c45)c86)C(=O)N(C(C(=O)Oc2ccncc2)C(C)CC)C7=O)C(=O)N(C(C(=O)Oc2ccncc2)C(C)CC)C3=O)cc1. The third-order valence-electron chi connectivity index (χ3n) is 21.4. The number of imide groups is 2. The van der Waals surface area contributed by atoms with Crippen molar-refractivity contribution in [3.05, 3.63) is 266 Å². The highest BCUT2D eigenvalue weighted by atomic mass is 16.6. The summed E-state index contributed by atoms with van der Waals surface area (Å²) in [5.74, 6) is -8.60. The van der Waals surface area contributed by atoms with Gasteiger partial charge in [0.15, 0.2) is 0 Å². The Kier molecular flexibility index (Phi) is 29.9. The molecular weight excluding hydrogens is 1620 g/mol. The lowest BCUT2D eigenvalue weighted by atomic mass is 9.80. The summed E-state index contributed by atoms with van der Waals surface area (Å²) in [6.45, 7) is 22.2. The number of aromatic nitrogens is 2. The summed E-state index contributed by atoms with van der Waals surface area (Å²) in [5.41, 5.74) is 2.69. The molecular formula is C98H92N4O24. The molecule has 4 atom stereocenters. The van der Waals surface area contributed by atoms with Crippen LogP contribution in [0.1, 0.15) is 104 Å². The number of hydrogen-bond donors (Lipinski definition) is 0. The van der Waals surface area contributed by atoms with Crippen LogP contribution >= 0.6 is 0 Å². The summed E-state index contributed by atoms with van der Waals surface area (Å²) in [6, 6.07) is 36.8. The van der Waals surface area contributed by atoms with Crippen molar-refractivity contribution in [3.8, 4) is 57.5 Å². The molecule has 0 radical (unpaired) electrons. The van der Waals surface area contributed by atoms with E-state index in [2.05, 4.69) is 36.3 Å². The fourth-order valence-electron chi connectivity index (χ4n) is 14.8. The average molecular weight is 1710 g/mol. The molecule has 11 aromatic rings. The van der Waals surface area contributed by atoms with Gasteiger partial charge in [0.05, 0.1) is 75.1 Å². The van der Waals surface area contributed by atoms with E-state index in [1.165, 1.54) is 73.3 Å². The zero-order chi connectivity index (χ0) is 88.9. The number of hydrogen-bond acceptors (Lipinski definition) is 26. The molecule has 2 aliphatic rings. The van der Waals surface area contributed by atoms with Crippen LogP contribution in [0.5, 0.6) is 57.5 Å². The summed E-state index contributed by atoms with van der Waals surface area (Å²) in [7, 11) is 0. The number of pyridine rings is 2. The molecule has 0 spiro atoms. The highest BCUT2D eigenvalue weighted by Crippen LogP contribution is 2.58. The molecule has 0 saturated heterocycles. The van der Waals surface area contributed by atoms with Crippen LogP contribution in [0.15, 0.2) is 221 Å². The molecule has 0 aliphatic carbocycles. The molecule has 0 N–H and O–H groups in total. The minimum Gasteiger partial charge on any atom is -0.460 e. The number of carbonyl (C=O) groups is 10. The quantitative estimate of drug-likeness (QED) is 0.00650. The lowest BCUT2D eigenvalue weighted by molar-refractivity contribution is -0.141. The maximum absolute atomic E-state index is 16.6.